The Balaban J connectivity index is 2.21. The summed E-state index contributed by atoms with van der Waals surface area (Å²) in [5.41, 5.74) is 7.36. The third kappa shape index (κ3) is 2.62. The number of nitrogens with two attached hydrogens (primary N) is 1. The average Bonchev–Trinajstić information content (AvgIpc) is 2.70. The normalized spacial score (nSPS) is 10.3. The Labute approximate surface area is 110 Å². The zero-order valence-electron chi connectivity index (χ0n) is 9.85. The van der Waals surface area contributed by atoms with E-state index in [1.54, 1.807) is 29.0 Å². The van der Waals surface area contributed by atoms with E-state index < -0.39 is 0 Å². The van der Waals surface area contributed by atoms with Gasteiger partial charge < -0.3 is 15.6 Å². The number of hydrogen-bond donors (Lipinski definition) is 2. The first kappa shape index (κ1) is 12.4. The van der Waals surface area contributed by atoms with Crippen LogP contribution in [-0.4, -0.2) is 15.5 Å². The number of rotatable bonds is 3. The molecule has 0 spiro atoms. The molecule has 0 aliphatic heterocycles. The number of anilines is 2. The molecular weight excluding hydrogens is 252 g/mol. The van der Waals surface area contributed by atoms with Crippen molar-refractivity contribution >= 4 is 28.9 Å². The molecule has 5 nitrogen and oxygen atoms in total. The van der Waals surface area contributed by atoms with Crippen molar-refractivity contribution in [2.24, 2.45) is 0 Å². The van der Waals surface area contributed by atoms with Crippen molar-refractivity contribution in [3.05, 3.63) is 41.4 Å². The number of carbonyl (C=O) groups excluding carboxylic acids is 1. The lowest BCUT2D eigenvalue weighted by Crippen LogP contribution is -2.16. The summed E-state index contributed by atoms with van der Waals surface area (Å²) in [6, 6.07) is 4.90. The number of aromatic nitrogens is 2. The van der Waals surface area contributed by atoms with Gasteiger partial charge in [0.1, 0.15) is 10.8 Å². The topological polar surface area (TPSA) is 72.9 Å². The molecule has 0 aromatic carbocycles. The van der Waals surface area contributed by atoms with Crippen molar-refractivity contribution in [3.63, 3.8) is 0 Å². The number of amides is 1. The fourth-order valence-electron chi connectivity index (χ4n) is 1.66. The fourth-order valence-corrected chi connectivity index (χ4v) is 1.83. The second-order valence-electron chi connectivity index (χ2n) is 3.77. The minimum Gasteiger partial charge on any atom is -0.397 e. The SMILES string of the molecule is CCn1cc(N)cc1C(=O)Nc1ccnc(Cl)c1. The average molecular weight is 265 g/mol. The van der Waals surface area contributed by atoms with Crippen molar-refractivity contribution in [1.82, 2.24) is 9.55 Å². The van der Waals surface area contributed by atoms with E-state index in [0.717, 1.165) is 0 Å². The molecule has 1 amide bonds. The van der Waals surface area contributed by atoms with Gasteiger partial charge in [-0.1, -0.05) is 11.6 Å². The predicted octanol–water partition coefficient (Wildman–Crippen LogP) is 2.39. The van der Waals surface area contributed by atoms with E-state index in [1.807, 2.05) is 6.92 Å². The van der Waals surface area contributed by atoms with E-state index in [1.165, 1.54) is 6.20 Å². The van der Waals surface area contributed by atoms with Crippen LogP contribution in [0.15, 0.2) is 30.6 Å². The van der Waals surface area contributed by atoms with Gasteiger partial charge in [0.15, 0.2) is 0 Å². The lowest BCUT2D eigenvalue weighted by Gasteiger charge is -2.07. The van der Waals surface area contributed by atoms with Gasteiger partial charge in [-0.3, -0.25) is 4.79 Å². The number of nitrogens with zero attached hydrogens (tertiary/aromatic N) is 2. The maximum absolute atomic E-state index is 12.1. The highest BCUT2D eigenvalue weighted by Crippen LogP contribution is 2.15. The molecule has 0 saturated carbocycles. The lowest BCUT2D eigenvalue weighted by atomic mass is 10.3. The van der Waals surface area contributed by atoms with Gasteiger partial charge in [0, 0.05) is 24.6 Å². The molecule has 0 fully saturated rings. The second-order valence-corrected chi connectivity index (χ2v) is 4.15. The van der Waals surface area contributed by atoms with Gasteiger partial charge in [-0.15, -0.1) is 0 Å². The first-order valence-electron chi connectivity index (χ1n) is 5.48. The number of nitrogens with one attached hydrogen (secondary N) is 1. The summed E-state index contributed by atoms with van der Waals surface area (Å²) in [5.74, 6) is -0.226. The molecule has 6 heteroatoms. The van der Waals surface area contributed by atoms with Crippen LogP contribution in [0.5, 0.6) is 0 Å². The first-order valence-corrected chi connectivity index (χ1v) is 5.86. The minimum absolute atomic E-state index is 0.226. The fraction of sp³-hybridized carbons (Fsp3) is 0.167. The second kappa shape index (κ2) is 5.10. The number of aryl methyl sites for hydroxylation is 1. The quantitative estimate of drug-likeness (QED) is 0.836. The summed E-state index contributed by atoms with van der Waals surface area (Å²) in [5, 5.41) is 3.08. The molecule has 0 aliphatic carbocycles. The Bertz CT molecular complexity index is 579. The van der Waals surface area contributed by atoms with Crippen molar-refractivity contribution in [2.75, 3.05) is 11.1 Å². The third-order valence-corrected chi connectivity index (χ3v) is 2.68. The Hall–Kier alpha value is -2.01. The van der Waals surface area contributed by atoms with Crippen LogP contribution in [0.1, 0.15) is 17.4 Å². The monoisotopic (exact) mass is 264 g/mol. The Morgan fingerprint density at radius 2 is 2.33 bits per heavy atom. The van der Waals surface area contributed by atoms with Gasteiger partial charge in [-0.05, 0) is 25.1 Å². The molecule has 18 heavy (non-hydrogen) atoms. The number of pyridine rings is 1. The predicted molar refractivity (Wildman–Crippen MR) is 71.7 cm³/mol. The standard InChI is InChI=1S/C12H13ClN4O/c1-2-17-7-8(14)5-10(17)12(18)16-9-3-4-15-11(13)6-9/h3-7H,2,14H2,1H3,(H,15,16,18). The molecule has 2 rings (SSSR count). The summed E-state index contributed by atoms with van der Waals surface area (Å²) in [6.45, 7) is 2.62. The van der Waals surface area contributed by atoms with Crippen molar-refractivity contribution in [3.8, 4) is 0 Å². The molecule has 0 atom stereocenters. The summed E-state index contributed by atoms with van der Waals surface area (Å²) in [4.78, 5) is 15.9. The van der Waals surface area contributed by atoms with E-state index in [4.69, 9.17) is 17.3 Å². The van der Waals surface area contributed by atoms with Gasteiger partial charge in [-0.25, -0.2) is 4.98 Å². The molecule has 0 unspecified atom stereocenters. The number of hydrogen-bond acceptors (Lipinski definition) is 3. The van der Waals surface area contributed by atoms with Crippen LogP contribution in [0, 0.1) is 0 Å². The Morgan fingerprint density at radius 1 is 1.56 bits per heavy atom. The lowest BCUT2D eigenvalue weighted by molar-refractivity contribution is 0.101. The molecular formula is C12H13ClN4O. The first-order chi connectivity index (χ1) is 8.60. The van der Waals surface area contributed by atoms with Crippen LogP contribution >= 0.6 is 11.6 Å². The molecule has 2 aromatic heterocycles. The molecule has 0 aliphatic rings. The van der Waals surface area contributed by atoms with Gasteiger partial charge in [0.2, 0.25) is 0 Å². The van der Waals surface area contributed by atoms with Crippen LogP contribution in [-0.2, 0) is 6.54 Å². The van der Waals surface area contributed by atoms with E-state index in [2.05, 4.69) is 10.3 Å². The Kier molecular flexibility index (Phi) is 3.53. The largest absolute Gasteiger partial charge is 0.397 e. The highest BCUT2D eigenvalue weighted by atomic mass is 35.5. The molecule has 0 radical (unpaired) electrons. The summed E-state index contributed by atoms with van der Waals surface area (Å²) in [7, 11) is 0. The molecule has 2 heterocycles. The molecule has 0 bridgehead atoms. The summed E-state index contributed by atoms with van der Waals surface area (Å²) in [6.07, 6.45) is 3.26. The van der Waals surface area contributed by atoms with Crippen molar-refractivity contribution < 1.29 is 4.79 Å². The highest BCUT2D eigenvalue weighted by Gasteiger charge is 2.12. The maximum Gasteiger partial charge on any atom is 0.272 e. The third-order valence-electron chi connectivity index (χ3n) is 2.48. The van der Waals surface area contributed by atoms with Crippen LogP contribution in [0.2, 0.25) is 5.15 Å². The van der Waals surface area contributed by atoms with Crippen molar-refractivity contribution in [2.45, 2.75) is 13.5 Å². The molecule has 2 aromatic rings. The maximum atomic E-state index is 12.1. The van der Waals surface area contributed by atoms with Gasteiger partial charge >= 0.3 is 0 Å². The van der Waals surface area contributed by atoms with Crippen LogP contribution in [0.4, 0.5) is 11.4 Å². The molecule has 94 valence electrons. The number of halogens is 1. The minimum atomic E-state index is -0.226. The van der Waals surface area contributed by atoms with Crippen LogP contribution in [0.25, 0.3) is 0 Å². The molecule has 3 N–H and O–H groups in total. The van der Waals surface area contributed by atoms with E-state index in [0.29, 0.717) is 28.8 Å². The smallest absolute Gasteiger partial charge is 0.272 e. The molecule has 0 saturated heterocycles. The Morgan fingerprint density at radius 3 is 3.00 bits per heavy atom. The number of carbonyl (C=O) groups is 1. The number of nitrogen functional groups attached to an aromatic ring is 1. The van der Waals surface area contributed by atoms with E-state index in [-0.39, 0.29) is 5.91 Å². The van der Waals surface area contributed by atoms with E-state index in [9.17, 15) is 4.79 Å². The highest BCUT2D eigenvalue weighted by molar-refractivity contribution is 6.29. The van der Waals surface area contributed by atoms with Gasteiger partial charge in [0.05, 0.1) is 5.69 Å². The van der Waals surface area contributed by atoms with Crippen molar-refractivity contribution in [1.29, 1.82) is 0 Å². The van der Waals surface area contributed by atoms with E-state index >= 15 is 0 Å². The zero-order valence-corrected chi connectivity index (χ0v) is 10.6. The van der Waals surface area contributed by atoms with Crippen LogP contribution in [0.3, 0.4) is 0 Å². The van der Waals surface area contributed by atoms with Gasteiger partial charge in [0.25, 0.3) is 5.91 Å². The zero-order chi connectivity index (χ0) is 13.1. The van der Waals surface area contributed by atoms with Gasteiger partial charge in [-0.2, -0.15) is 0 Å². The van der Waals surface area contributed by atoms with Crippen LogP contribution < -0.4 is 11.1 Å². The summed E-state index contributed by atoms with van der Waals surface area (Å²) >= 11 is 5.75. The summed E-state index contributed by atoms with van der Waals surface area (Å²) < 4.78 is 1.79.